The van der Waals surface area contributed by atoms with Gasteiger partial charge in [0.05, 0.1) is 18.1 Å². The van der Waals surface area contributed by atoms with Gasteiger partial charge in [0.1, 0.15) is 10.6 Å². The van der Waals surface area contributed by atoms with Gasteiger partial charge in [0, 0.05) is 11.4 Å². The van der Waals surface area contributed by atoms with Crippen LogP contribution in [0.25, 0.3) is 10.4 Å². The molecule has 7 heteroatoms. The van der Waals surface area contributed by atoms with Crippen molar-refractivity contribution in [1.82, 2.24) is 5.32 Å². The molecule has 0 bridgehead atoms. The Hall–Kier alpha value is -1.86. The van der Waals surface area contributed by atoms with Crippen molar-refractivity contribution in [2.45, 2.75) is 13.3 Å². The SMILES string of the molecule is CCOc1cc(-c2ccccc2)sc1C(=O)NC[C@H]1CCS(=O)(=O)C1. The fourth-order valence-corrected chi connectivity index (χ4v) is 5.78. The molecule has 1 aliphatic heterocycles. The van der Waals surface area contributed by atoms with E-state index in [9.17, 15) is 13.2 Å². The molecule has 0 spiro atoms. The molecule has 0 saturated carbocycles. The van der Waals surface area contributed by atoms with Crippen molar-refractivity contribution in [3.63, 3.8) is 0 Å². The van der Waals surface area contributed by atoms with E-state index in [1.807, 2.05) is 43.3 Å². The quantitative estimate of drug-likeness (QED) is 0.837. The molecule has 1 saturated heterocycles. The Morgan fingerprint density at radius 2 is 2.08 bits per heavy atom. The van der Waals surface area contributed by atoms with Gasteiger partial charge in [0.15, 0.2) is 9.84 Å². The van der Waals surface area contributed by atoms with Gasteiger partial charge in [-0.25, -0.2) is 8.42 Å². The Bertz CT molecular complexity index is 843. The molecule has 5 nitrogen and oxygen atoms in total. The second-order valence-electron chi connectivity index (χ2n) is 6.08. The summed E-state index contributed by atoms with van der Waals surface area (Å²) < 4.78 is 28.7. The van der Waals surface area contributed by atoms with E-state index in [0.717, 1.165) is 10.4 Å². The van der Waals surface area contributed by atoms with Crippen molar-refractivity contribution in [2.24, 2.45) is 5.92 Å². The molecule has 1 atom stereocenters. The third kappa shape index (κ3) is 4.41. The standard InChI is InChI=1S/C18H21NO4S2/c1-2-23-15-10-16(14-6-4-3-5-7-14)24-17(15)18(20)19-11-13-8-9-25(21,22)12-13/h3-7,10,13H,2,8-9,11-12H2,1H3,(H,19,20)/t13-/m1/s1. The maximum absolute atomic E-state index is 12.6. The first-order chi connectivity index (χ1) is 12.0. The number of hydrogen-bond donors (Lipinski definition) is 1. The summed E-state index contributed by atoms with van der Waals surface area (Å²) in [5.74, 6) is 0.737. The molecule has 0 aliphatic carbocycles. The van der Waals surface area contributed by atoms with Gasteiger partial charge in [0.2, 0.25) is 0 Å². The number of rotatable bonds is 6. The second kappa shape index (κ2) is 7.58. The first-order valence-electron chi connectivity index (χ1n) is 8.29. The van der Waals surface area contributed by atoms with Crippen molar-refractivity contribution in [2.75, 3.05) is 24.7 Å². The van der Waals surface area contributed by atoms with E-state index >= 15 is 0 Å². The highest BCUT2D eigenvalue weighted by Gasteiger charge is 2.28. The summed E-state index contributed by atoms with van der Waals surface area (Å²) >= 11 is 1.39. The van der Waals surface area contributed by atoms with Crippen LogP contribution in [0.15, 0.2) is 36.4 Å². The van der Waals surface area contributed by atoms with Crippen molar-refractivity contribution >= 4 is 27.1 Å². The molecule has 1 fully saturated rings. The Balaban J connectivity index is 1.73. The molecular weight excluding hydrogens is 358 g/mol. The van der Waals surface area contributed by atoms with Crippen LogP contribution < -0.4 is 10.1 Å². The Morgan fingerprint density at radius 3 is 2.72 bits per heavy atom. The maximum Gasteiger partial charge on any atom is 0.265 e. The number of ether oxygens (including phenoxy) is 1. The highest BCUT2D eigenvalue weighted by atomic mass is 32.2. The molecule has 1 aromatic carbocycles. The molecule has 3 rings (SSSR count). The van der Waals surface area contributed by atoms with Crippen LogP contribution in [-0.4, -0.2) is 39.0 Å². The first kappa shape index (κ1) is 17.9. The Kier molecular flexibility index (Phi) is 5.44. The van der Waals surface area contributed by atoms with Gasteiger partial charge in [0.25, 0.3) is 5.91 Å². The van der Waals surface area contributed by atoms with E-state index in [2.05, 4.69) is 5.32 Å². The van der Waals surface area contributed by atoms with Gasteiger partial charge in [-0.3, -0.25) is 4.79 Å². The first-order valence-corrected chi connectivity index (χ1v) is 10.9. The van der Waals surface area contributed by atoms with Crippen LogP contribution in [0.1, 0.15) is 23.0 Å². The second-order valence-corrected chi connectivity index (χ2v) is 9.36. The summed E-state index contributed by atoms with van der Waals surface area (Å²) in [6.45, 7) is 2.74. The highest BCUT2D eigenvalue weighted by molar-refractivity contribution is 7.91. The minimum Gasteiger partial charge on any atom is -0.492 e. The molecule has 25 heavy (non-hydrogen) atoms. The van der Waals surface area contributed by atoms with Crippen LogP contribution in [-0.2, 0) is 9.84 Å². The van der Waals surface area contributed by atoms with Gasteiger partial charge in [-0.15, -0.1) is 11.3 Å². The lowest BCUT2D eigenvalue weighted by Crippen LogP contribution is -2.29. The summed E-state index contributed by atoms with van der Waals surface area (Å²) in [4.78, 5) is 14.1. The molecule has 1 amide bonds. The zero-order valence-electron chi connectivity index (χ0n) is 14.0. The minimum atomic E-state index is -2.93. The number of hydrogen-bond acceptors (Lipinski definition) is 5. The van der Waals surface area contributed by atoms with Gasteiger partial charge in [-0.2, -0.15) is 0 Å². The maximum atomic E-state index is 12.6. The lowest BCUT2D eigenvalue weighted by atomic mass is 10.1. The van der Waals surface area contributed by atoms with Crippen molar-refractivity contribution in [3.8, 4) is 16.2 Å². The highest BCUT2D eigenvalue weighted by Crippen LogP contribution is 2.36. The average molecular weight is 380 g/mol. The third-order valence-corrected chi connectivity index (χ3v) is 7.14. The van der Waals surface area contributed by atoms with E-state index in [1.165, 1.54) is 11.3 Å². The summed E-state index contributed by atoms with van der Waals surface area (Å²) in [5.41, 5.74) is 1.04. The van der Waals surface area contributed by atoms with Crippen LogP contribution in [0.5, 0.6) is 5.75 Å². The van der Waals surface area contributed by atoms with Crippen molar-refractivity contribution in [3.05, 3.63) is 41.3 Å². The molecule has 0 radical (unpaired) electrons. The number of carbonyl (C=O) groups is 1. The molecule has 134 valence electrons. The monoisotopic (exact) mass is 379 g/mol. The summed E-state index contributed by atoms with van der Waals surface area (Å²) in [5, 5.41) is 2.87. The number of benzene rings is 1. The summed E-state index contributed by atoms with van der Waals surface area (Å²) in [7, 11) is -2.93. The van der Waals surface area contributed by atoms with E-state index in [0.29, 0.717) is 30.2 Å². The molecule has 1 aliphatic rings. The topological polar surface area (TPSA) is 72.5 Å². The molecule has 1 N–H and O–H groups in total. The van der Waals surface area contributed by atoms with E-state index in [4.69, 9.17) is 4.74 Å². The van der Waals surface area contributed by atoms with Gasteiger partial charge >= 0.3 is 0 Å². The predicted molar refractivity (Wildman–Crippen MR) is 100 cm³/mol. The van der Waals surface area contributed by atoms with Crippen LogP contribution >= 0.6 is 11.3 Å². The normalized spacial score (nSPS) is 18.8. The number of sulfone groups is 1. The summed E-state index contributed by atoms with van der Waals surface area (Å²) in [6, 6.07) is 11.7. The van der Waals surface area contributed by atoms with Crippen LogP contribution in [0.4, 0.5) is 0 Å². The Labute approximate surface area is 151 Å². The Morgan fingerprint density at radius 1 is 1.32 bits per heavy atom. The largest absolute Gasteiger partial charge is 0.492 e. The zero-order chi connectivity index (χ0) is 17.9. The van der Waals surface area contributed by atoms with Crippen LogP contribution in [0.3, 0.4) is 0 Å². The third-order valence-electron chi connectivity index (χ3n) is 4.14. The molecule has 0 unspecified atom stereocenters. The van der Waals surface area contributed by atoms with Crippen LogP contribution in [0.2, 0.25) is 0 Å². The van der Waals surface area contributed by atoms with E-state index < -0.39 is 9.84 Å². The molecule has 2 heterocycles. The smallest absolute Gasteiger partial charge is 0.265 e. The van der Waals surface area contributed by atoms with Gasteiger partial charge in [-0.05, 0) is 30.9 Å². The average Bonchev–Trinajstić information content (AvgIpc) is 3.17. The number of thiophene rings is 1. The lowest BCUT2D eigenvalue weighted by molar-refractivity contribution is 0.0949. The number of amides is 1. The predicted octanol–water partition coefficient (Wildman–Crippen LogP) is 2.98. The molecule has 2 aromatic rings. The lowest BCUT2D eigenvalue weighted by Gasteiger charge is -2.10. The van der Waals surface area contributed by atoms with Crippen LogP contribution in [0, 0.1) is 5.92 Å². The van der Waals surface area contributed by atoms with E-state index in [1.54, 1.807) is 0 Å². The van der Waals surface area contributed by atoms with Crippen molar-refractivity contribution in [1.29, 1.82) is 0 Å². The van der Waals surface area contributed by atoms with E-state index in [-0.39, 0.29) is 23.3 Å². The minimum absolute atomic E-state index is 0.00181. The van der Waals surface area contributed by atoms with Crippen molar-refractivity contribution < 1.29 is 17.9 Å². The van der Waals surface area contributed by atoms with Gasteiger partial charge < -0.3 is 10.1 Å². The number of nitrogens with one attached hydrogen (secondary N) is 1. The van der Waals surface area contributed by atoms with Gasteiger partial charge in [-0.1, -0.05) is 30.3 Å². The molecular formula is C18H21NO4S2. The number of carbonyl (C=O) groups excluding carboxylic acids is 1. The zero-order valence-corrected chi connectivity index (χ0v) is 15.7. The molecule has 1 aromatic heterocycles. The summed E-state index contributed by atoms with van der Waals surface area (Å²) in [6.07, 6.45) is 0.612. The fraction of sp³-hybridized carbons (Fsp3) is 0.389. The fourth-order valence-electron chi connectivity index (χ4n) is 2.89.